The van der Waals surface area contributed by atoms with Gasteiger partial charge in [-0.05, 0) is 38.5 Å². The molecule has 0 spiro atoms. The van der Waals surface area contributed by atoms with Crippen molar-refractivity contribution in [1.29, 1.82) is 0 Å². The van der Waals surface area contributed by atoms with E-state index < -0.39 is 0 Å². The molecule has 0 bridgehead atoms. The fourth-order valence-electron chi connectivity index (χ4n) is 2.24. The highest BCUT2D eigenvalue weighted by molar-refractivity contribution is 5.73. The van der Waals surface area contributed by atoms with Gasteiger partial charge in [-0.15, -0.1) is 5.10 Å². The number of nitrogens with zero attached hydrogens (tertiary/aromatic N) is 3. The molecule has 2 N–H and O–H groups in total. The lowest BCUT2D eigenvalue weighted by molar-refractivity contribution is 0.156. The maximum atomic E-state index is 9.19. The lowest BCUT2D eigenvalue weighted by Gasteiger charge is -2.12. The molecule has 2 aromatic heterocycles. The number of rotatable bonds is 8. The molecular formula is C20H32N4O2. The van der Waals surface area contributed by atoms with Gasteiger partial charge in [0.1, 0.15) is 5.82 Å². The molecular weight excluding hydrogens is 328 g/mol. The number of aliphatic hydroxyl groups is 1. The molecule has 2 atom stereocenters. The average molecular weight is 361 g/mol. The minimum absolute atomic E-state index is 0.0113. The molecule has 2 aromatic rings. The van der Waals surface area contributed by atoms with Gasteiger partial charge in [0.2, 0.25) is 0 Å². The fraction of sp³-hybridized carbons (Fsp3) is 0.500. The van der Waals surface area contributed by atoms with Gasteiger partial charge >= 0.3 is 0 Å². The Kier molecular flexibility index (Phi) is 9.62. The Morgan fingerprint density at radius 3 is 2.69 bits per heavy atom. The molecule has 1 unspecified atom stereocenters. The van der Waals surface area contributed by atoms with Crippen LogP contribution in [-0.4, -0.2) is 45.6 Å². The largest absolute Gasteiger partial charge is 0.394 e. The molecule has 0 radical (unpaired) electrons. The number of allylic oxidation sites excluding steroid dienone is 3. The number of methoxy groups -OCH3 is 1. The van der Waals surface area contributed by atoms with Gasteiger partial charge in [-0.3, -0.25) is 0 Å². The van der Waals surface area contributed by atoms with Gasteiger partial charge in [0.05, 0.1) is 24.6 Å². The monoisotopic (exact) mass is 360 g/mol. The summed E-state index contributed by atoms with van der Waals surface area (Å²) in [4.78, 5) is 4.43. The van der Waals surface area contributed by atoms with Crippen LogP contribution in [0.15, 0.2) is 36.6 Å². The van der Waals surface area contributed by atoms with Gasteiger partial charge in [-0.2, -0.15) is 0 Å². The van der Waals surface area contributed by atoms with Crippen LogP contribution in [0.5, 0.6) is 0 Å². The minimum Gasteiger partial charge on any atom is -0.394 e. The van der Waals surface area contributed by atoms with Crippen molar-refractivity contribution in [3.05, 3.63) is 42.3 Å². The van der Waals surface area contributed by atoms with Crippen molar-refractivity contribution in [2.45, 2.75) is 53.2 Å². The number of ether oxygens (including phenoxy) is 1. The fourth-order valence-corrected chi connectivity index (χ4v) is 2.24. The second kappa shape index (κ2) is 11.4. The molecule has 26 heavy (non-hydrogen) atoms. The zero-order chi connectivity index (χ0) is 19.5. The van der Waals surface area contributed by atoms with Crippen molar-refractivity contribution < 1.29 is 9.84 Å². The molecule has 144 valence electrons. The van der Waals surface area contributed by atoms with E-state index in [-0.39, 0.29) is 18.8 Å². The van der Waals surface area contributed by atoms with Crippen molar-refractivity contribution in [3.63, 3.8) is 0 Å². The van der Waals surface area contributed by atoms with Crippen LogP contribution in [0, 0.1) is 0 Å². The Bertz CT molecular complexity index is 722. The molecule has 0 saturated carbocycles. The van der Waals surface area contributed by atoms with Gasteiger partial charge in [-0.25, -0.2) is 9.50 Å². The number of fused-ring (bicyclic) bond motifs is 1. The summed E-state index contributed by atoms with van der Waals surface area (Å²) in [6, 6.07) is 3.70. The van der Waals surface area contributed by atoms with Crippen LogP contribution < -0.4 is 5.32 Å². The third-order valence-corrected chi connectivity index (χ3v) is 3.65. The predicted molar refractivity (Wildman–Crippen MR) is 108 cm³/mol. The number of aliphatic hydroxyl groups excluding tert-OH is 1. The quantitative estimate of drug-likeness (QED) is 0.698. The molecule has 6 nitrogen and oxygen atoms in total. The number of anilines is 1. The van der Waals surface area contributed by atoms with Crippen molar-refractivity contribution in [1.82, 2.24) is 14.6 Å². The smallest absolute Gasteiger partial charge is 0.154 e. The summed E-state index contributed by atoms with van der Waals surface area (Å²) in [5, 5.41) is 17.0. The first kappa shape index (κ1) is 21.9. The first-order valence-corrected chi connectivity index (χ1v) is 9.22. The van der Waals surface area contributed by atoms with Crippen LogP contribution in [-0.2, 0) is 4.74 Å². The Balaban J connectivity index is 0.00000163. The van der Waals surface area contributed by atoms with E-state index in [2.05, 4.69) is 34.5 Å². The lowest BCUT2D eigenvalue weighted by atomic mass is 10.1. The van der Waals surface area contributed by atoms with Gasteiger partial charge < -0.3 is 15.2 Å². The number of aromatic nitrogens is 3. The third kappa shape index (κ3) is 5.97. The number of hydrogen-bond acceptors (Lipinski definition) is 5. The zero-order valence-corrected chi connectivity index (χ0v) is 16.7. The van der Waals surface area contributed by atoms with Gasteiger partial charge in [0, 0.05) is 18.7 Å². The Labute approximate surface area is 156 Å². The van der Waals surface area contributed by atoms with Crippen LogP contribution in [0.1, 0.15) is 46.7 Å². The Hall–Kier alpha value is -2.18. The molecule has 0 fully saturated rings. The summed E-state index contributed by atoms with van der Waals surface area (Å²) in [6.45, 7) is 10.0. The van der Waals surface area contributed by atoms with E-state index in [1.807, 2.05) is 52.1 Å². The van der Waals surface area contributed by atoms with Crippen LogP contribution in [0.25, 0.3) is 11.2 Å². The van der Waals surface area contributed by atoms with E-state index in [4.69, 9.17) is 4.74 Å². The first-order valence-electron chi connectivity index (χ1n) is 9.22. The summed E-state index contributed by atoms with van der Waals surface area (Å²) < 4.78 is 7.17. The molecule has 0 aromatic carbocycles. The van der Waals surface area contributed by atoms with Crippen molar-refractivity contribution in [3.8, 4) is 0 Å². The lowest BCUT2D eigenvalue weighted by Crippen LogP contribution is -2.20. The molecule has 0 aliphatic rings. The maximum absolute atomic E-state index is 9.19. The molecule has 2 heterocycles. The van der Waals surface area contributed by atoms with E-state index in [9.17, 15) is 5.11 Å². The molecule has 6 heteroatoms. The number of imidazole rings is 1. The summed E-state index contributed by atoms with van der Waals surface area (Å²) in [5.74, 6) is 0.696. The third-order valence-electron chi connectivity index (χ3n) is 3.65. The Morgan fingerprint density at radius 2 is 2.08 bits per heavy atom. The summed E-state index contributed by atoms with van der Waals surface area (Å²) in [7, 11) is 1.69. The second-order valence-electron chi connectivity index (χ2n) is 5.73. The summed E-state index contributed by atoms with van der Waals surface area (Å²) in [6.07, 6.45) is 8.97. The van der Waals surface area contributed by atoms with E-state index >= 15 is 0 Å². The van der Waals surface area contributed by atoms with Crippen molar-refractivity contribution in [2.75, 3.05) is 19.0 Å². The number of nitrogens with one attached hydrogen (secondary N) is 1. The van der Waals surface area contributed by atoms with Gasteiger partial charge in [-0.1, -0.05) is 32.9 Å². The molecule has 0 saturated heterocycles. The van der Waals surface area contributed by atoms with Crippen molar-refractivity contribution in [2.24, 2.45) is 0 Å². The summed E-state index contributed by atoms with van der Waals surface area (Å²) in [5.41, 5.74) is 2.69. The molecule has 0 aliphatic carbocycles. The first-order chi connectivity index (χ1) is 12.6. The van der Waals surface area contributed by atoms with Gasteiger partial charge in [0.25, 0.3) is 0 Å². The molecule has 0 amide bonds. The van der Waals surface area contributed by atoms with Crippen molar-refractivity contribution >= 4 is 17.0 Å². The highest BCUT2D eigenvalue weighted by Gasteiger charge is 2.11. The SMILES string of the molecule is CC.CC/C=C\C(=C/C(C)OC)c1cnc2ccc(N[C@H](C)CO)nn12. The maximum Gasteiger partial charge on any atom is 0.154 e. The van der Waals surface area contributed by atoms with E-state index in [1.54, 1.807) is 11.6 Å². The van der Waals surface area contributed by atoms with Crippen LogP contribution in [0.2, 0.25) is 0 Å². The van der Waals surface area contributed by atoms with Crippen LogP contribution >= 0.6 is 0 Å². The van der Waals surface area contributed by atoms with E-state index in [0.717, 1.165) is 23.3 Å². The second-order valence-corrected chi connectivity index (χ2v) is 5.73. The highest BCUT2D eigenvalue weighted by atomic mass is 16.5. The topological polar surface area (TPSA) is 71.7 Å². The predicted octanol–water partition coefficient (Wildman–Crippen LogP) is 3.93. The molecule has 0 aliphatic heterocycles. The van der Waals surface area contributed by atoms with Gasteiger partial charge in [0.15, 0.2) is 5.65 Å². The van der Waals surface area contributed by atoms with Crippen LogP contribution in [0.4, 0.5) is 5.82 Å². The van der Waals surface area contributed by atoms with Crippen LogP contribution in [0.3, 0.4) is 0 Å². The number of hydrogen-bond donors (Lipinski definition) is 2. The normalized spacial score (nSPS) is 14.2. The van der Waals surface area contributed by atoms with E-state index in [0.29, 0.717) is 5.82 Å². The molecule has 2 rings (SSSR count). The summed E-state index contributed by atoms with van der Waals surface area (Å²) >= 11 is 0. The Morgan fingerprint density at radius 1 is 1.35 bits per heavy atom. The minimum atomic E-state index is -0.0644. The van der Waals surface area contributed by atoms with E-state index in [1.165, 1.54) is 0 Å². The average Bonchev–Trinajstić information content (AvgIpc) is 3.09. The highest BCUT2D eigenvalue weighted by Crippen LogP contribution is 2.20. The standard InChI is InChI=1S/C18H26N4O2.C2H6/c1-5-6-7-15(10-14(3)24-4)16-11-19-18-9-8-17(21-22(16)18)20-13(2)12-23;1-2/h6-11,13-14,23H,5,12H2,1-4H3,(H,20,21);1-2H3/b7-6-,15-10+;/t13-,14?;/m1./s1. The zero-order valence-electron chi connectivity index (χ0n) is 16.7.